The summed E-state index contributed by atoms with van der Waals surface area (Å²) in [5.74, 6) is 1.49. The Bertz CT molecular complexity index is 314. The van der Waals surface area contributed by atoms with Gasteiger partial charge in [-0.3, -0.25) is 0 Å². The Labute approximate surface area is 109 Å². The van der Waals surface area contributed by atoms with Crippen LogP contribution >= 0.6 is 21.2 Å². The van der Waals surface area contributed by atoms with Crippen molar-refractivity contribution in [2.75, 3.05) is 19.9 Å². The van der Waals surface area contributed by atoms with Gasteiger partial charge < -0.3 is 9.15 Å². The third kappa shape index (κ3) is 8.58. The quantitative estimate of drug-likeness (QED) is 0.407. The molecule has 0 aliphatic rings. The second-order valence-corrected chi connectivity index (χ2v) is 15.4. The van der Waals surface area contributed by atoms with E-state index in [1.54, 1.807) is 7.11 Å². The second kappa shape index (κ2) is 7.71. The van der Waals surface area contributed by atoms with E-state index in [1.807, 2.05) is 0 Å². The highest BCUT2D eigenvalue weighted by atomic mass is 79.9. The Balaban J connectivity index is 4.91. The van der Waals surface area contributed by atoms with Gasteiger partial charge in [0, 0.05) is 13.3 Å². The molecule has 0 spiro atoms. The van der Waals surface area contributed by atoms with E-state index in [1.165, 1.54) is 12.8 Å². The first-order valence-corrected chi connectivity index (χ1v) is 13.0. The lowest BCUT2D eigenvalue weighted by molar-refractivity contribution is 0.240. The van der Waals surface area contributed by atoms with Crippen molar-refractivity contribution in [1.29, 1.82) is 0 Å². The van der Waals surface area contributed by atoms with Gasteiger partial charge in [0.05, 0.1) is 5.76 Å². The van der Waals surface area contributed by atoms with Gasteiger partial charge in [-0.1, -0.05) is 38.9 Å². The summed E-state index contributed by atoms with van der Waals surface area (Å²) >= 11 is 3.80. The highest BCUT2D eigenvalue weighted by Crippen LogP contribution is 2.58. The number of nitrogens with zero attached hydrogens (tertiary/aromatic N) is 1. The average Bonchev–Trinajstić information content (AvgIpc) is 2.12. The first kappa shape index (κ1) is 16.4. The van der Waals surface area contributed by atoms with Crippen molar-refractivity contribution in [2.45, 2.75) is 39.4 Å². The van der Waals surface area contributed by atoms with Crippen LogP contribution in [0.25, 0.3) is 0 Å². The number of ether oxygens (including phenoxy) is 1. The fraction of sp³-hybridized carbons (Fsp3) is 0.818. The van der Waals surface area contributed by atoms with Crippen LogP contribution in [0.4, 0.5) is 0 Å². The third-order valence-corrected chi connectivity index (χ3v) is 9.83. The molecule has 1 unspecified atom stereocenters. The van der Waals surface area contributed by atoms with Gasteiger partial charge in [0.2, 0.25) is 0 Å². The maximum atomic E-state index is 4.99. The minimum absolute atomic E-state index is 0.501. The molecule has 0 aromatic heterocycles. The zero-order valence-corrected chi connectivity index (χ0v) is 14.5. The number of hydrogen-bond acceptors (Lipinski definition) is 2. The fourth-order valence-corrected chi connectivity index (χ4v) is 12.2. The van der Waals surface area contributed by atoms with Gasteiger partial charge in [0.25, 0.3) is 0 Å². The predicted molar refractivity (Wildman–Crippen MR) is 81.0 cm³/mol. The molecule has 0 radical (unpaired) electrons. The zero-order chi connectivity index (χ0) is 12.7. The van der Waals surface area contributed by atoms with Crippen molar-refractivity contribution in [3.63, 3.8) is 0 Å². The van der Waals surface area contributed by atoms with Gasteiger partial charge >= 0.3 is 0 Å². The fourth-order valence-electron chi connectivity index (χ4n) is 1.20. The summed E-state index contributed by atoms with van der Waals surface area (Å²) in [6, 6.07) is 0. The molecular weight excluding hydrogens is 301 g/mol. The maximum Gasteiger partial charge on any atom is 0.172 e. The lowest BCUT2D eigenvalue weighted by Gasteiger charge is -2.18. The molecule has 0 aliphatic heterocycles. The van der Waals surface area contributed by atoms with Crippen molar-refractivity contribution < 1.29 is 4.74 Å². The molecule has 1 atom stereocenters. The van der Waals surface area contributed by atoms with Gasteiger partial charge in [0.15, 0.2) is 8.24 Å². The third-order valence-electron chi connectivity index (χ3n) is 1.73. The van der Waals surface area contributed by atoms with Crippen LogP contribution in [0.3, 0.4) is 0 Å². The molecule has 16 heavy (non-hydrogen) atoms. The standard InChI is InChI=1S/C11H23BrNOPSi/c1-6-7-10-15(12,11-8-9-14-2)13-16(3,4)5/h6-7,9-10H2,1-5H3. The average molecular weight is 324 g/mol. The van der Waals surface area contributed by atoms with Crippen molar-refractivity contribution in [2.24, 2.45) is 4.41 Å². The minimum Gasteiger partial charge on any atom is -0.372 e. The van der Waals surface area contributed by atoms with Crippen LogP contribution in [-0.2, 0) is 4.74 Å². The van der Waals surface area contributed by atoms with E-state index in [2.05, 4.69) is 53.6 Å². The molecule has 0 saturated heterocycles. The van der Waals surface area contributed by atoms with E-state index in [9.17, 15) is 0 Å². The van der Waals surface area contributed by atoms with Crippen molar-refractivity contribution in [3.8, 4) is 11.6 Å². The van der Waals surface area contributed by atoms with Gasteiger partial charge in [-0.25, -0.2) is 0 Å². The van der Waals surface area contributed by atoms with Gasteiger partial charge in [-0.15, -0.1) is 0 Å². The Morgan fingerprint density at radius 2 is 2.00 bits per heavy atom. The van der Waals surface area contributed by atoms with E-state index in [0.29, 0.717) is 6.61 Å². The summed E-state index contributed by atoms with van der Waals surface area (Å²) in [4.78, 5) is 0. The summed E-state index contributed by atoms with van der Waals surface area (Å²) in [7, 11) is 0.253. The minimum atomic E-state index is -1.58. The highest BCUT2D eigenvalue weighted by molar-refractivity contribution is 9.41. The molecule has 0 fully saturated rings. The molecule has 0 N–H and O–H groups in total. The molecule has 0 saturated carbocycles. The summed E-state index contributed by atoms with van der Waals surface area (Å²) in [5, 5.41) is 0. The molecule has 5 heteroatoms. The van der Waals surface area contributed by atoms with Gasteiger partial charge in [0.1, 0.15) is 6.61 Å². The Kier molecular flexibility index (Phi) is 7.93. The van der Waals surface area contributed by atoms with E-state index < -0.39 is 14.0 Å². The highest BCUT2D eigenvalue weighted by Gasteiger charge is 2.19. The molecule has 94 valence electrons. The molecular formula is C11H23BrNOPSi. The molecule has 0 amide bonds. The second-order valence-electron chi connectivity index (χ2n) is 4.75. The molecule has 0 aromatic rings. The van der Waals surface area contributed by atoms with Crippen LogP contribution in [0.15, 0.2) is 4.41 Å². The molecule has 0 aromatic carbocycles. The smallest absolute Gasteiger partial charge is 0.172 e. The number of methoxy groups -OCH3 is 1. The lowest BCUT2D eigenvalue weighted by atomic mass is 10.4. The van der Waals surface area contributed by atoms with Crippen LogP contribution in [0.2, 0.25) is 19.6 Å². The first-order chi connectivity index (χ1) is 7.33. The van der Waals surface area contributed by atoms with E-state index in [4.69, 9.17) is 9.15 Å². The zero-order valence-electron chi connectivity index (χ0n) is 11.0. The van der Waals surface area contributed by atoms with Crippen LogP contribution in [0.5, 0.6) is 0 Å². The monoisotopic (exact) mass is 323 g/mol. The summed E-state index contributed by atoms with van der Waals surface area (Å²) < 4.78 is 9.95. The van der Waals surface area contributed by atoms with Crippen molar-refractivity contribution >= 4 is 29.5 Å². The van der Waals surface area contributed by atoms with Crippen molar-refractivity contribution in [3.05, 3.63) is 0 Å². The number of unbranched alkanes of at least 4 members (excludes halogenated alkanes) is 1. The predicted octanol–water partition coefficient (Wildman–Crippen LogP) is 4.74. The lowest BCUT2D eigenvalue weighted by Crippen LogP contribution is -2.15. The van der Waals surface area contributed by atoms with Crippen molar-refractivity contribution in [1.82, 2.24) is 0 Å². The SMILES string of the molecule is CCCCP(Br)(C#CCOC)=N[Si](C)(C)C. The molecule has 0 aliphatic carbocycles. The van der Waals surface area contributed by atoms with E-state index in [0.717, 1.165) is 6.16 Å². The molecule has 0 bridgehead atoms. The Hall–Kier alpha value is 0.447. The normalized spacial score (nSPS) is 14.9. The topological polar surface area (TPSA) is 21.6 Å². The summed E-state index contributed by atoms with van der Waals surface area (Å²) in [5.41, 5.74) is 3.31. The van der Waals surface area contributed by atoms with Gasteiger partial charge in [-0.2, -0.15) is 0 Å². The maximum absolute atomic E-state index is 4.99. The summed E-state index contributed by atoms with van der Waals surface area (Å²) in [6.07, 6.45) is 3.47. The van der Waals surface area contributed by atoms with Gasteiger partial charge in [-0.05, 0) is 27.6 Å². The van der Waals surface area contributed by atoms with E-state index >= 15 is 0 Å². The Morgan fingerprint density at radius 1 is 1.38 bits per heavy atom. The number of rotatable bonds is 5. The Morgan fingerprint density at radius 3 is 2.44 bits per heavy atom. The van der Waals surface area contributed by atoms with Crippen LogP contribution in [-0.4, -0.2) is 28.1 Å². The molecule has 0 heterocycles. The van der Waals surface area contributed by atoms with E-state index in [-0.39, 0.29) is 0 Å². The van der Waals surface area contributed by atoms with Crippen LogP contribution in [0, 0.1) is 11.6 Å². The molecule has 0 rings (SSSR count). The first-order valence-electron chi connectivity index (χ1n) is 5.64. The summed E-state index contributed by atoms with van der Waals surface area (Å²) in [6.45, 7) is 9.47. The van der Waals surface area contributed by atoms with Crippen LogP contribution < -0.4 is 0 Å². The number of hydrogen-bond donors (Lipinski definition) is 0. The number of halogens is 1. The van der Waals surface area contributed by atoms with Crippen LogP contribution in [0.1, 0.15) is 19.8 Å². The largest absolute Gasteiger partial charge is 0.372 e. The molecule has 2 nitrogen and oxygen atoms in total.